The first kappa shape index (κ1) is 18.2. The van der Waals surface area contributed by atoms with E-state index in [1.807, 2.05) is 6.92 Å². The summed E-state index contributed by atoms with van der Waals surface area (Å²) < 4.78 is 18.9. The van der Waals surface area contributed by atoms with Gasteiger partial charge in [0.15, 0.2) is 5.76 Å². The highest BCUT2D eigenvalue weighted by Crippen LogP contribution is 2.55. The average Bonchev–Trinajstić information content (AvgIpc) is 3.09. The molecule has 1 N–H and O–H groups in total. The van der Waals surface area contributed by atoms with Gasteiger partial charge in [-0.15, -0.1) is 0 Å². The van der Waals surface area contributed by atoms with Crippen LogP contribution in [0.5, 0.6) is 0 Å². The number of nitrogens with zero attached hydrogens (tertiary/aromatic N) is 1. The first-order chi connectivity index (χ1) is 13.5. The molecule has 0 saturated heterocycles. The Hall–Kier alpha value is -1.82. The molecule has 1 unspecified atom stereocenters. The maximum atomic E-state index is 13.1. The van der Waals surface area contributed by atoms with E-state index in [0.717, 1.165) is 42.6 Å². The SMILES string of the molecule is CC(Sc1ncc(-c2ccc(F)cc2)o1)C(=O)NC12CC3CC(CC(C3)C1)C2. The molecule has 4 aliphatic rings. The molecule has 148 valence electrons. The lowest BCUT2D eigenvalue weighted by molar-refractivity contribution is -0.126. The van der Waals surface area contributed by atoms with Crippen molar-refractivity contribution in [3.63, 3.8) is 0 Å². The van der Waals surface area contributed by atoms with Crippen LogP contribution in [-0.2, 0) is 4.79 Å². The van der Waals surface area contributed by atoms with Gasteiger partial charge in [-0.2, -0.15) is 0 Å². The topological polar surface area (TPSA) is 55.1 Å². The molecule has 1 atom stereocenters. The van der Waals surface area contributed by atoms with Crippen molar-refractivity contribution in [1.82, 2.24) is 10.3 Å². The van der Waals surface area contributed by atoms with Crippen molar-refractivity contribution in [3.8, 4) is 11.3 Å². The summed E-state index contributed by atoms with van der Waals surface area (Å²) in [5.41, 5.74) is 0.794. The van der Waals surface area contributed by atoms with Crippen LogP contribution < -0.4 is 5.32 Å². The van der Waals surface area contributed by atoms with E-state index in [4.69, 9.17) is 4.42 Å². The van der Waals surface area contributed by atoms with Crippen molar-refractivity contribution in [2.75, 3.05) is 0 Å². The largest absolute Gasteiger partial charge is 0.431 e. The number of amides is 1. The molecule has 4 fully saturated rings. The maximum absolute atomic E-state index is 13.1. The summed E-state index contributed by atoms with van der Waals surface area (Å²) in [6.07, 6.45) is 9.16. The molecule has 1 aromatic carbocycles. The van der Waals surface area contributed by atoms with E-state index in [2.05, 4.69) is 10.3 Å². The predicted octanol–water partition coefficient (Wildman–Crippen LogP) is 5.05. The summed E-state index contributed by atoms with van der Waals surface area (Å²) in [5, 5.41) is 3.61. The monoisotopic (exact) mass is 400 g/mol. The normalized spacial score (nSPS) is 31.7. The minimum atomic E-state index is -0.284. The zero-order chi connectivity index (χ0) is 19.3. The van der Waals surface area contributed by atoms with Crippen molar-refractivity contribution in [1.29, 1.82) is 0 Å². The maximum Gasteiger partial charge on any atom is 0.256 e. The highest BCUT2D eigenvalue weighted by Gasteiger charge is 2.51. The van der Waals surface area contributed by atoms with Crippen LogP contribution in [0, 0.1) is 23.6 Å². The van der Waals surface area contributed by atoms with Crippen molar-refractivity contribution < 1.29 is 13.6 Å². The molecule has 4 bridgehead atoms. The summed E-state index contributed by atoms with van der Waals surface area (Å²) in [7, 11) is 0. The number of halogens is 1. The van der Waals surface area contributed by atoms with Gasteiger partial charge in [-0.05, 0) is 87.5 Å². The molecule has 1 aromatic heterocycles. The number of thioether (sulfide) groups is 1. The van der Waals surface area contributed by atoms with Crippen LogP contribution >= 0.6 is 11.8 Å². The van der Waals surface area contributed by atoms with E-state index in [1.165, 1.54) is 43.2 Å². The second-order valence-corrected chi connectivity index (χ2v) is 10.2. The predicted molar refractivity (Wildman–Crippen MR) is 106 cm³/mol. The third kappa shape index (κ3) is 3.47. The fraction of sp³-hybridized carbons (Fsp3) is 0.545. The van der Waals surface area contributed by atoms with Gasteiger partial charge in [0.05, 0.1) is 11.4 Å². The molecule has 6 rings (SSSR count). The highest BCUT2D eigenvalue weighted by atomic mass is 32.2. The Kier molecular flexibility index (Phi) is 4.49. The highest BCUT2D eigenvalue weighted by molar-refractivity contribution is 8.00. The van der Waals surface area contributed by atoms with E-state index in [1.54, 1.807) is 18.3 Å². The van der Waals surface area contributed by atoms with E-state index >= 15 is 0 Å². The lowest BCUT2D eigenvalue weighted by Gasteiger charge is -2.57. The van der Waals surface area contributed by atoms with Crippen molar-refractivity contribution in [3.05, 3.63) is 36.3 Å². The van der Waals surface area contributed by atoms with Gasteiger partial charge >= 0.3 is 0 Å². The lowest BCUT2D eigenvalue weighted by atomic mass is 9.53. The number of aromatic nitrogens is 1. The second-order valence-electron chi connectivity index (χ2n) is 8.94. The average molecular weight is 401 g/mol. The van der Waals surface area contributed by atoms with Crippen LogP contribution in [-0.4, -0.2) is 21.7 Å². The van der Waals surface area contributed by atoms with Crippen LogP contribution in [0.25, 0.3) is 11.3 Å². The van der Waals surface area contributed by atoms with Crippen LogP contribution in [0.1, 0.15) is 45.4 Å². The zero-order valence-electron chi connectivity index (χ0n) is 16.0. The van der Waals surface area contributed by atoms with Crippen LogP contribution in [0.4, 0.5) is 4.39 Å². The Morgan fingerprint density at radius 1 is 1.18 bits per heavy atom. The third-order valence-electron chi connectivity index (χ3n) is 6.69. The number of benzene rings is 1. The molecule has 4 aliphatic carbocycles. The van der Waals surface area contributed by atoms with Crippen molar-refractivity contribution in [2.45, 2.75) is 61.5 Å². The van der Waals surface area contributed by atoms with E-state index < -0.39 is 0 Å². The molecular formula is C22H25FN2O2S. The Morgan fingerprint density at radius 3 is 2.39 bits per heavy atom. The summed E-state index contributed by atoms with van der Waals surface area (Å²) in [6.45, 7) is 1.91. The summed E-state index contributed by atoms with van der Waals surface area (Å²) >= 11 is 1.34. The molecule has 6 heteroatoms. The van der Waals surface area contributed by atoms with E-state index in [-0.39, 0.29) is 22.5 Å². The van der Waals surface area contributed by atoms with Gasteiger partial charge in [0.25, 0.3) is 5.22 Å². The van der Waals surface area contributed by atoms with E-state index in [9.17, 15) is 9.18 Å². The zero-order valence-corrected chi connectivity index (χ0v) is 16.8. The first-order valence-corrected chi connectivity index (χ1v) is 11.1. The number of carbonyl (C=O) groups excluding carboxylic acids is 1. The Labute approximate surface area is 168 Å². The second kappa shape index (κ2) is 6.90. The van der Waals surface area contributed by atoms with Gasteiger partial charge in [-0.3, -0.25) is 4.79 Å². The molecule has 4 nitrogen and oxygen atoms in total. The number of nitrogens with one attached hydrogen (secondary N) is 1. The molecule has 0 aliphatic heterocycles. The number of hydrogen-bond donors (Lipinski definition) is 1. The molecule has 2 aromatic rings. The Balaban J connectivity index is 1.23. The molecule has 1 amide bonds. The van der Waals surface area contributed by atoms with Gasteiger partial charge in [0, 0.05) is 11.1 Å². The number of carbonyl (C=O) groups is 1. The number of rotatable bonds is 5. The summed E-state index contributed by atoms with van der Waals surface area (Å²) in [6, 6.07) is 6.11. The van der Waals surface area contributed by atoms with Gasteiger partial charge in [-0.1, -0.05) is 11.8 Å². The van der Waals surface area contributed by atoms with Crippen LogP contribution in [0.2, 0.25) is 0 Å². The van der Waals surface area contributed by atoms with Crippen LogP contribution in [0.15, 0.2) is 40.1 Å². The van der Waals surface area contributed by atoms with E-state index in [0.29, 0.717) is 11.0 Å². The smallest absolute Gasteiger partial charge is 0.256 e. The molecular weight excluding hydrogens is 375 g/mol. The summed E-state index contributed by atoms with van der Waals surface area (Å²) in [5.74, 6) is 2.79. The van der Waals surface area contributed by atoms with Gasteiger partial charge in [-0.25, -0.2) is 9.37 Å². The standard InChI is InChI=1S/C22H25FN2O2S/c1-13(28-21-24-12-19(27-21)17-2-4-18(23)5-3-17)20(26)25-22-9-14-6-15(10-22)8-16(7-14)11-22/h2-5,12-16H,6-11H2,1H3,(H,25,26). The number of hydrogen-bond acceptors (Lipinski definition) is 4. The Morgan fingerprint density at radius 2 is 1.79 bits per heavy atom. The van der Waals surface area contributed by atoms with Gasteiger partial charge in [0.1, 0.15) is 5.82 Å². The van der Waals surface area contributed by atoms with Crippen LogP contribution in [0.3, 0.4) is 0 Å². The molecule has 0 spiro atoms. The first-order valence-electron chi connectivity index (χ1n) is 10.2. The fourth-order valence-corrected chi connectivity index (χ4v) is 6.61. The van der Waals surface area contributed by atoms with Gasteiger partial charge < -0.3 is 9.73 Å². The lowest BCUT2D eigenvalue weighted by Crippen LogP contribution is -2.60. The molecule has 1 heterocycles. The fourth-order valence-electron chi connectivity index (χ4n) is 5.89. The summed E-state index contributed by atoms with van der Waals surface area (Å²) in [4.78, 5) is 17.2. The van der Waals surface area contributed by atoms with Crippen molar-refractivity contribution in [2.24, 2.45) is 17.8 Å². The molecule has 0 radical (unpaired) electrons. The molecule has 4 saturated carbocycles. The van der Waals surface area contributed by atoms with Crippen molar-refractivity contribution >= 4 is 17.7 Å². The quantitative estimate of drug-likeness (QED) is 0.714. The number of oxazole rings is 1. The third-order valence-corrected chi connectivity index (χ3v) is 7.64. The minimum absolute atomic E-state index is 0.0243. The Bertz CT molecular complexity index is 844. The van der Waals surface area contributed by atoms with Gasteiger partial charge in [0.2, 0.25) is 5.91 Å². The molecule has 28 heavy (non-hydrogen) atoms. The minimum Gasteiger partial charge on any atom is -0.431 e.